The van der Waals surface area contributed by atoms with Crippen molar-refractivity contribution in [2.45, 2.75) is 39.2 Å². The molecule has 1 saturated heterocycles. The van der Waals surface area contributed by atoms with Crippen LogP contribution in [0.4, 0.5) is 0 Å². The first kappa shape index (κ1) is 15.3. The monoisotopic (exact) mass is 311 g/mol. The number of nitrogens with one attached hydrogen (secondary N) is 3. The summed E-state index contributed by atoms with van der Waals surface area (Å²) in [5.74, 6) is -0.463. The van der Waals surface area contributed by atoms with Crippen molar-refractivity contribution >= 4 is 28.8 Å². The maximum atomic E-state index is 12.2. The molecule has 1 fully saturated rings. The SMILES string of the molecule is C[C@@H]1NC(=O)/C(=C/c2c(C(C)(C)C)[nH]c3ccccc23)NC1=O. The number of fused-ring (bicyclic) bond motifs is 1. The van der Waals surface area contributed by atoms with Crippen molar-refractivity contribution < 1.29 is 9.59 Å². The minimum Gasteiger partial charge on any atom is -0.357 e. The predicted octanol–water partition coefficient (Wildman–Crippen LogP) is 2.44. The molecule has 3 N–H and O–H groups in total. The van der Waals surface area contributed by atoms with Crippen LogP contribution in [0.3, 0.4) is 0 Å². The molecule has 0 bridgehead atoms. The molecule has 1 aliphatic heterocycles. The van der Waals surface area contributed by atoms with Crippen LogP contribution in [0.5, 0.6) is 0 Å². The Morgan fingerprint density at radius 3 is 2.52 bits per heavy atom. The fourth-order valence-electron chi connectivity index (χ4n) is 2.79. The number of carbonyl (C=O) groups excluding carboxylic acids is 2. The van der Waals surface area contributed by atoms with Crippen molar-refractivity contribution in [3.05, 3.63) is 41.2 Å². The van der Waals surface area contributed by atoms with Gasteiger partial charge in [0, 0.05) is 27.6 Å². The van der Waals surface area contributed by atoms with Gasteiger partial charge in [0.2, 0.25) is 5.91 Å². The van der Waals surface area contributed by atoms with Gasteiger partial charge in [-0.3, -0.25) is 9.59 Å². The summed E-state index contributed by atoms with van der Waals surface area (Å²) in [6, 6.07) is 7.45. The molecule has 5 nitrogen and oxygen atoms in total. The zero-order chi connectivity index (χ0) is 16.8. The van der Waals surface area contributed by atoms with Crippen LogP contribution < -0.4 is 10.6 Å². The van der Waals surface area contributed by atoms with Crippen molar-refractivity contribution in [3.63, 3.8) is 0 Å². The van der Waals surface area contributed by atoms with Crippen molar-refractivity contribution in [1.29, 1.82) is 0 Å². The lowest BCUT2D eigenvalue weighted by Crippen LogP contribution is -2.53. The fraction of sp³-hybridized carbons (Fsp3) is 0.333. The van der Waals surface area contributed by atoms with Gasteiger partial charge in [0.05, 0.1) is 0 Å². The standard InChI is InChI=1S/C18H21N3O2/c1-10-16(22)21-14(17(23)19-10)9-12-11-7-5-6-8-13(11)20-15(12)18(2,3)4/h5-10,20H,1-4H3,(H,19,23)(H,21,22)/b14-9-/t10-/m0/s1. The molecule has 0 aliphatic carbocycles. The summed E-state index contributed by atoms with van der Waals surface area (Å²) >= 11 is 0. The summed E-state index contributed by atoms with van der Waals surface area (Å²) in [7, 11) is 0. The first-order chi connectivity index (χ1) is 10.8. The van der Waals surface area contributed by atoms with Crippen molar-refractivity contribution in [3.8, 4) is 0 Å². The smallest absolute Gasteiger partial charge is 0.268 e. The highest BCUT2D eigenvalue weighted by Crippen LogP contribution is 2.32. The van der Waals surface area contributed by atoms with Gasteiger partial charge in [0.25, 0.3) is 5.91 Å². The number of rotatable bonds is 1. The van der Waals surface area contributed by atoms with Crippen LogP contribution >= 0.6 is 0 Å². The molecule has 0 radical (unpaired) electrons. The Balaban J connectivity index is 2.17. The highest BCUT2D eigenvalue weighted by Gasteiger charge is 2.28. The number of benzene rings is 1. The zero-order valence-corrected chi connectivity index (χ0v) is 13.8. The lowest BCUT2D eigenvalue weighted by molar-refractivity contribution is -0.130. The summed E-state index contributed by atoms with van der Waals surface area (Å²) in [6.45, 7) is 8.00. The number of aromatic nitrogens is 1. The van der Waals surface area contributed by atoms with Gasteiger partial charge < -0.3 is 15.6 Å². The molecule has 1 aromatic carbocycles. The minimum atomic E-state index is -0.510. The number of hydrogen-bond donors (Lipinski definition) is 3. The van der Waals surface area contributed by atoms with Crippen molar-refractivity contribution in [2.75, 3.05) is 0 Å². The lowest BCUT2D eigenvalue weighted by Gasteiger charge is -2.23. The molecule has 0 saturated carbocycles. The molecule has 23 heavy (non-hydrogen) atoms. The Hall–Kier alpha value is -2.56. The Kier molecular flexibility index (Phi) is 3.51. The van der Waals surface area contributed by atoms with E-state index in [0.717, 1.165) is 22.2 Å². The number of aromatic amines is 1. The van der Waals surface area contributed by atoms with Gasteiger partial charge in [-0.2, -0.15) is 0 Å². The predicted molar refractivity (Wildman–Crippen MR) is 90.7 cm³/mol. The van der Waals surface area contributed by atoms with E-state index in [9.17, 15) is 9.59 Å². The topological polar surface area (TPSA) is 74.0 Å². The van der Waals surface area contributed by atoms with Crippen LogP contribution in [-0.4, -0.2) is 22.8 Å². The molecule has 3 rings (SSSR count). The molecular formula is C18H21N3O2. The highest BCUT2D eigenvalue weighted by atomic mass is 16.2. The summed E-state index contributed by atoms with van der Waals surface area (Å²) < 4.78 is 0. The number of amides is 2. The normalized spacial score (nSPS) is 20.7. The van der Waals surface area contributed by atoms with Crippen LogP contribution in [0.2, 0.25) is 0 Å². The van der Waals surface area contributed by atoms with Gasteiger partial charge in [-0.25, -0.2) is 0 Å². The third kappa shape index (κ3) is 2.74. The summed E-state index contributed by atoms with van der Waals surface area (Å²) in [4.78, 5) is 27.5. The van der Waals surface area contributed by atoms with E-state index < -0.39 is 6.04 Å². The Bertz CT molecular complexity index is 824. The second-order valence-corrected chi connectivity index (χ2v) is 6.95. The number of carbonyl (C=O) groups is 2. The van der Waals surface area contributed by atoms with Crippen LogP contribution in [0.25, 0.3) is 17.0 Å². The van der Waals surface area contributed by atoms with E-state index in [1.165, 1.54) is 0 Å². The Morgan fingerprint density at radius 2 is 1.83 bits per heavy atom. The molecule has 2 heterocycles. The van der Waals surface area contributed by atoms with Gasteiger partial charge in [0.15, 0.2) is 0 Å². The maximum absolute atomic E-state index is 12.2. The molecule has 120 valence electrons. The maximum Gasteiger partial charge on any atom is 0.268 e. The third-order valence-corrected chi connectivity index (χ3v) is 4.03. The molecule has 1 atom stereocenters. The van der Waals surface area contributed by atoms with Crippen LogP contribution in [0.15, 0.2) is 30.0 Å². The number of para-hydroxylation sites is 1. The second kappa shape index (κ2) is 5.26. The molecular weight excluding hydrogens is 290 g/mol. The van der Waals surface area contributed by atoms with Crippen LogP contribution in [0.1, 0.15) is 39.0 Å². The first-order valence-corrected chi connectivity index (χ1v) is 7.72. The summed E-state index contributed by atoms with van der Waals surface area (Å²) in [5, 5.41) is 6.40. The van der Waals surface area contributed by atoms with E-state index in [1.54, 1.807) is 13.0 Å². The van der Waals surface area contributed by atoms with E-state index in [1.807, 2.05) is 24.3 Å². The van der Waals surface area contributed by atoms with E-state index in [2.05, 4.69) is 36.4 Å². The average molecular weight is 311 g/mol. The minimum absolute atomic E-state index is 0.117. The lowest BCUT2D eigenvalue weighted by atomic mass is 9.88. The summed E-state index contributed by atoms with van der Waals surface area (Å²) in [6.07, 6.45) is 1.76. The quantitative estimate of drug-likeness (QED) is 0.708. The zero-order valence-electron chi connectivity index (χ0n) is 13.8. The van der Waals surface area contributed by atoms with E-state index >= 15 is 0 Å². The number of H-pyrrole nitrogens is 1. The van der Waals surface area contributed by atoms with E-state index in [0.29, 0.717) is 0 Å². The average Bonchev–Trinajstić information content (AvgIpc) is 2.84. The summed E-state index contributed by atoms with van der Waals surface area (Å²) in [5.41, 5.74) is 3.15. The first-order valence-electron chi connectivity index (χ1n) is 7.72. The molecule has 1 aromatic heterocycles. The number of hydrogen-bond acceptors (Lipinski definition) is 2. The van der Waals surface area contributed by atoms with E-state index in [-0.39, 0.29) is 22.9 Å². The Labute approximate surface area is 135 Å². The number of piperazine rings is 1. The van der Waals surface area contributed by atoms with Gasteiger partial charge in [0.1, 0.15) is 11.7 Å². The van der Waals surface area contributed by atoms with Crippen molar-refractivity contribution in [2.24, 2.45) is 0 Å². The van der Waals surface area contributed by atoms with E-state index in [4.69, 9.17) is 0 Å². The Morgan fingerprint density at radius 1 is 1.13 bits per heavy atom. The molecule has 0 unspecified atom stereocenters. The molecule has 0 spiro atoms. The molecule has 2 aromatic rings. The van der Waals surface area contributed by atoms with Crippen LogP contribution in [-0.2, 0) is 15.0 Å². The van der Waals surface area contributed by atoms with Gasteiger partial charge in [-0.15, -0.1) is 0 Å². The van der Waals surface area contributed by atoms with Gasteiger partial charge in [-0.05, 0) is 19.1 Å². The largest absolute Gasteiger partial charge is 0.357 e. The van der Waals surface area contributed by atoms with Gasteiger partial charge >= 0.3 is 0 Å². The highest BCUT2D eigenvalue weighted by molar-refractivity contribution is 6.08. The molecule has 1 aliphatic rings. The third-order valence-electron chi connectivity index (χ3n) is 4.03. The second-order valence-electron chi connectivity index (χ2n) is 6.95. The van der Waals surface area contributed by atoms with Crippen molar-refractivity contribution in [1.82, 2.24) is 15.6 Å². The van der Waals surface area contributed by atoms with Crippen LogP contribution in [0, 0.1) is 0 Å². The fourth-order valence-corrected chi connectivity index (χ4v) is 2.79. The molecule has 5 heteroatoms. The van der Waals surface area contributed by atoms with Gasteiger partial charge in [-0.1, -0.05) is 39.0 Å². The molecule has 2 amide bonds.